The maximum atomic E-state index is 5.05. The number of hydrogen-bond acceptors (Lipinski definition) is 2. The fraction of sp³-hybridized carbons (Fsp3) is 0. The number of hydrogen-bond donors (Lipinski definition) is 0. The van der Waals surface area contributed by atoms with Gasteiger partial charge < -0.3 is 0 Å². The van der Waals surface area contributed by atoms with Gasteiger partial charge in [0.25, 0.3) is 0 Å². The van der Waals surface area contributed by atoms with Crippen molar-refractivity contribution in [2.45, 2.75) is 0 Å². The zero-order valence-electron chi connectivity index (χ0n) is 4.57. The average molecular weight is 141 g/mol. The van der Waals surface area contributed by atoms with Crippen molar-refractivity contribution in [3.8, 4) is 11.5 Å². The molecule has 1 aliphatic rings. The van der Waals surface area contributed by atoms with Gasteiger partial charge in [-0.05, 0) is 12.1 Å². The SMILES string of the molecule is c1ccc2c(c1)O[SH+]O2. The fourth-order valence-corrected chi connectivity index (χ4v) is 1.20. The third-order valence-electron chi connectivity index (χ3n) is 1.12. The Hall–Kier alpha value is -0.830. The molecule has 0 radical (unpaired) electrons. The quantitative estimate of drug-likeness (QED) is 0.398. The van der Waals surface area contributed by atoms with Gasteiger partial charge in [0.05, 0.1) is 0 Å². The second-order valence-electron chi connectivity index (χ2n) is 1.70. The Kier molecular flexibility index (Phi) is 1.02. The van der Waals surface area contributed by atoms with Crippen LogP contribution in [0.4, 0.5) is 0 Å². The van der Waals surface area contributed by atoms with Crippen LogP contribution in [0.25, 0.3) is 0 Å². The number of rotatable bonds is 0. The molecule has 3 heteroatoms. The lowest BCUT2D eigenvalue weighted by molar-refractivity contribution is 0.622. The molecule has 1 aromatic rings. The van der Waals surface area contributed by atoms with Crippen molar-refractivity contribution >= 4 is 12.3 Å². The van der Waals surface area contributed by atoms with E-state index in [-0.39, 0.29) is 0 Å². The molecule has 0 atom stereocenters. The van der Waals surface area contributed by atoms with Crippen LogP contribution in [0, 0.1) is 0 Å². The van der Waals surface area contributed by atoms with Gasteiger partial charge in [0.2, 0.25) is 11.5 Å². The molecule has 0 N–H and O–H groups in total. The van der Waals surface area contributed by atoms with Crippen molar-refractivity contribution in [3.05, 3.63) is 24.3 Å². The van der Waals surface area contributed by atoms with Crippen LogP contribution in [0.2, 0.25) is 0 Å². The van der Waals surface area contributed by atoms with Crippen molar-refractivity contribution in [2.24, 2.45) is 0 Å². The average Bonchev–Trinajstić information content (AvgIpc) is 2.33. The van der Waals surface area contributed by atoms with Crippen LogP contribution >= 0.6 is 0 Å². The first-order chi connectivity index (χ1) is 4.47. The van der Waals surface area contributed by atoms with E-state index in [2.05, 4.69) is 0 Å². The number of benzene rings is 1. The van der Waals surface area contributed by atoms with Crippen LogP contribution in [0.15, 0.2) is 24.3 Å². The molecular formula is C6H5O2S+. The minimum Gasteiger partial charge on any atom is -0.239 e. The standard InChI is InChI=1S/C6H4O2S/c1-2-4-6-5(3-1)7-9-8-6/h1-4H/p+1. The minimum atomic E-state index is 0.575. The first-order valence-electron chi connectivity index (χ1n) is 2.60. The van der Waals surface area contributed by atoms with E-state index in [0.29, 0.717) is 12.3 Å². The van der Waals surface area contributed by atoms with Crippen molar-refractivity contribution in [3.63, 3.8) is 0 Å². The summed E-state index contributed by atoms with van der Waals surface area (Å²) >= 11 is 0.575. The Morgan fingerprint density at radius 2 is 1.56 bits per heavy atom. The predicted octanol–water partition coefficient (Wildman–Crippen LogP) is 1.10. The van der Waals surface area contributed by atoms with E-state index in [1.165, 1.54) is 0 Å². The monoisotopic (exact) mass is 141 g/mol. The lowest BCUT2D eigenvalue weighted by Crippen LogP contribution is -1.85. The van der Waals surface area contributed by atoms with Crippen LogP contribution in [-0.4, -0.2) is 0 Å². The van der Waals surface area contributed by atoms with Gasteiger partial charge in [0.15, 0.2) is 0 Å². The molecule has 9 heavy (non-hydrogen) atoms. The van der Waals surface area contributed by atoms with Gasteiger partial charge in [-0.3, -0.25) is 0 Å². The Morgan fingerprint density at radius 1 is 1.00 bits per heavy atom. The van der Waals surface area contributed by atoms with E-state index in [0.717, 1.165) is 11.5 Å². The van der Waals surface area contributed by atoms with E-state index in [1.807, 2.05) is 24.3 Å². The molecule has 0 bridgehead atoms. The highest BCUT2D eigenvalue weighted by Gasteiger charge is 2.20. The molecule has 2 nitrogen and oxygen atoms in total. The molecule has 1 aliphatic heterocycles. The summed E-state index contributed by atoms with van der Waals surface area (Å²) < 4.78 is 10.1. The van der Waals surface area contributed by atoms with Crippen LogP contribution in [0.1, 0.15) is 0 Å². The van der Waals surface area contributed by atoms with Gasteiger partial charge in [-0.1, -0.05) is 12.1 Å². The Labute approximate surface area is 57.2 Å². The first kappa shape index (κ1) is 4.99. The highest BCUT2D eigenvalue weighted by atomic mass is 32.2. The number of fused-ring (bicyclic) bond motifs is 1. The zero-order chi connectivity index (χ0) is 6.10. The lowest BCUT2D eigenvalue weighted by atomic mass is 10.3. The molecule has 1 heterocycles. The van der Waals surface area contributed by atoms with Gasteiger partial charge in [0, 0.05) is 0 Å². The molecule has 0 fully saturated rings. The number of para-hydroxylation sites is 2. The topological polar surface area (TPSA) is 18.5 Å². The van der Waals surface area contributed by atoms with E-state index < -0.39 is 0 Å². The molecule has 1 aromatic carbocycles. The maximum absolute atomic E-state index is 5.05. The summed E-state index contributed by atoms with van der Waals surface area (Å²) in [4.78, 5) is 0. The van der Waals surface area contributed by atoms with Gasteiger partial charge in [-0.2, -0.15) is 0 Å². The van der Waals surface area contributed by atoms with Gasteiger partial charge in [0.1, 0.15) is 0 Å². The summed E-state index contributed by atoms with van der Waals surface area (Å²) in [5.41, 5.74) is 0. The summed E-state index contributed by atoms with van der Waals surface area (Å²) in [6, 6.07) is 7.61. The third kappa shape index (κ3) is 0.733. The lowest BCUT2D eigenvalue weighted by Gasteiger charge is -1.81. The van der Waals surface area contributed by atoms with E-state index >= 15 is 0 Å². The second kappa shape index (κ2) is 1.84. The molecule has 0 spiro atoms. The van der Waals surface area contributed by atoms with Crippen LogP contribution in [-0.2, 0) is 12.3 Å². The molecule has 0 amide bonds. The molecule has 0 aliphatic carbocycles. The zero-order valence-corrected chi connectivity index (χ0v) is 5.47. The molecular weight excluding hydrogens is 136 g/mol. The van der Waals surface area contributed by atoms with Crippen molar-refractivity contribution in [2.75, 3.05) is 0 Å². The first-order valence-corrected chi connectivity index (χ1v) is 3.33. The molecule has 0 saturated heterocycles. The van der Waals surface area contributed by atoms with E-state index in [1.54, 1.807) is 0 Å². The summed E-state index contributed by atoms with van der Waals surface area (Å²) in [5.74, 6) is 1.67. The van der Waals surface area contributed by atoms with E-state index in [4.69, 9.17) is 8.37 Å². The molecule has 0 unspecified atom stereocenters. The summed E-state index contributed by atoms with van der Waals surface area (Å²) in [5, 5.41) is 0. The van der Waals surface area contributed by atoms with Crippen LogP contribution in [0.3, 0.4) is 0 Å². The summed E-state index contributed by atoms with van der Waals surface area (Å²) in [6.45, 7) is 0. The smallest absolute Gasteiger partial charge is 0.239 e. The van der Waals surface area contributed by atoms with Gasteiger partial charge in [-0.25, -0.2) is 8.37 Å². The summed E-state index contributed by atoms with van der Waals surface area (Å²) in [6.07, 6.45) is 0. The highest BCUT2D eigenvalue weighted by Crippen LogP contribution is 2.31. The predicted molar refractivity (Wildman–Crippen MR) is 36.5 cm³/mol. The Morgan fingerprint density at radius 3 is 2.11 bits per heavy atom. The van der Waals surface area contributed by atoms with Gasteiger partial charge >= 0.3 is 12.3 Å². The second-order valence-corrected chi connectivity index (χ2v) is 2.22. The van der Waals surface area contributed by atoms with Crippen molar-refractivity contribution in [1.29, 1.82) is 0 Å². The minimum absolute atomic E-state index is 0.575. The maximum Gasteiger partial charge on any atom is 0.398 e. The molecule has 0 aromatic heterocycles. The molecule has 0 saturated carbocycles. The summed E-state index contributed by atoms with van der Waals surface area (Å²) in [7, 11) is 0. The highest BCUT2D eigenvalue weighted by molar-refractivity contribution is 7.69. The third-order valence-corrected chi connectivity index (χ3v) is 1.66. The van der Waals surface area contributed by atoms with Gasteiger partial charge in [-0.15, -0.1) is 0 Å². The van der Waals surface area contributed by atoms with E-state index in [9.17, 15) is 0 Å². The van der Waals surface area contributed by atoms with Crippen molar-refractivity contribution < 1.29 is 8.37 Å². The molecule has 2 rings (SSSR count). The Balaban J connectivity index is 2.54. The van der Waals surface area contributed by atoms with Crippen LogP contribution in [0.5, 0.6) is 11.5 Å². The Bertz CT molecular complexity index is 201. The van der Waals surface area contributed by atoms with Crippen molar-refractivity contribution in [1.82, 2.24) is 0 Å². The largest absolute Gasteiger partial charge is 0.398 e. The molecule has 46 valence electrons. The number of thiol groups is 1. The normalized spacial score (nSPS) is 13.8. The fourth-order valence-electron chi connectivity index (χ4n) is 0.700. The van der Waals surface area contributed by atoms with Crippen LogP contribution < -0.4 is 8.37 Å².